The molecule has 0 aromatic heterocycles. The molecule has 15 nitrogen and oxygen atoms in total. The van der Waals surface area contributed by atoms with Crippen LogP contribution in [0, 0.1) is 0 Å². The first-order valence-corrected chi connectivity index (χ1v) is 16.5. The molecule has 0 aliphatic rings. The van der Waals surface area contributed by atoms with Gasteiger partial charge in [0, 0.05) is 36.6 Å². The zero-order valence-corrected chi connectivity index (χ0v) is 29.4. The van der Waals surface area contributed by atoms with Gasteiger partial charge in [-0.05, 0) is 64.2 Å². The number of carboxylic acid groups (broad SMARTS) is 1. The van der Waals surface area contributed by atoms with Crippen molar-refractivity contribution < 1.29 is 56.6 Å². The second kappa shape index (κ2) is 20.7. The number of carbonyl (C=O) groups excluding carboxylic acids is 6. The number of likely N-dealkylation sites (N-methyl/N-ethyl adjacent to an activating group) is 1. The number of aliphatic carboxylic acids is 1. The number of amides is 6. The molecule has 1 aromatic rings. The third-order valence-electron chi connectivity index (χ3n) is 7.17. The van der Waals surface area contributed by atoms with E-state index in [1.807, 2.05) is 0 Å². The number of nitrogens with one attached hydrogen (secondary N) is 4. The van der Waals surface area contributed by atoms with Crippen LogP contribution in [0.5, 0.6) is 0 Å². The van der Waals surface area contributed by atoms with Gasteiger partial charge in [-0.1, -0.05) is 22.5 Å². The summed E-state index contributed by atoms with van der Waals surface area (Å²) in [6.07, 6.45) is -3.95. The van der Waals surface area contributed by atoms with Gasteiger partial charge >= 0.3 is 24.1 Å². The number of rotatable bonds is 20. The van der Waals surface area contributed by atoms with Crippen molar-refractivity contribution in [2.45, 2.75) is 76.7 Å². The molecule has 0 spiro atoms. The van der Waals surface area contributed by atoms with Crippen LogP contribution < -0.4 is 27.0 Å². The fourth-order valence-electron chi connectivity index (χ4n) is 4.20. The number of hydrogen-bond acceptors (Lipinski definition) is 8. The molecule has 50 heavy (non-hydrogen) atoms. The van der Waals surface area contributed by atoms with Gasteiger partial charge in [0.15, 0.2) is 0 Å². The summed E-state index contributed by atoms with van der Waals surface area (Å²) in [6, 6.07) is -1.30. The predicted molar refractivity (Wildman–Crippen MR) is 178 cm³/mol. The second-order valence-electron chi connectivity index (χ2n) is 11.2. The molecule has 0 bridgehead atoms. The lowest BCUT2D eigenvalue weighted by molar-refractivity contribution is -0.144. The number of esters is 1. The highest BCUT2D eigenvalue weighted by Crippen LogP contribution is 2.34. The number of anilines is 1. The van der Waals surface area contributed by atoms with Crippen molar-refractivity contribution in [1.29, 1.82) is 0 Å². The molecule has 19 heteroatoms. The highest BCUT2D eigenvalue weighted by atomic mass is 79.9. The summed E-state index contributed by atoms with van der Waals surface area (Å²) >= 11 is 3.12. The lowest BCUT2D eigenvalue weighted by atomic mass is 10.0. The van der Waals surface area contributed by atoms with E-state index in [1.165, 1.54) is 0 Å². The smallest absolute Gasteiger partial charge is 0.417 e. The molecule has 0 fully saturated rings. The minimum absolute atomic E-state index is 0.00606. The summed E-state index contributed by atoms with van der Waals surface area (Å²) in [4.78, 5) is 85.4. The van der Waals surface area contributed by atoms with Crippen molar-refractivity contribution in [3.8, 4) is 0 Å². The van der Waals surface area contributed by atoms with Crippen LogP contribution in [0.1, 0.15) is 68.3 Å². The monoisotopic (exact) mass is 778 g/mol. The Bertz CT molecular complexity index is 1430. The van der Waals surface area contributed by atoms with E-state index in [2.05, 4.69) is 43.8 Å². The van der Waals surface area contributed by atoms with Crippen molar-refractivity contribution >= 4 is 63.2 Å². The zero-order chi connectivity index (χ0) is 38.2. The largest absolute Gasteiger partial charge is 0.480 e. The van der Waals surface area contributed by atoms with Gasteiger partial charge in [0.1, 0.15) is 12.1 Å². The van der Waals surface area contributed by atoms with Crippen LogP contribution in [0.4, 0.5) is 23.7 Å². The number of ether oxygens (including phenoxy) is 1. The average molecular weight is 780 g/mol. The van der Waals surface area contributed by atoms with Crippen LogP contribution in [0.15, 0.2) is 30.4 Å². The van der Waals surface area contributed by atoms with E-state index in [9.17, 15) is 46.7 Å². The van der Waals surface area contributed by atoms with Gasteiger partial charge in [-0.25, -0.2) is 14.4 Å². The number of benzene rings is 1. The van der Waals surface area contributed by atoms with E-state index < -0.39 is 83.6 Å². The van der Waals surface area contributed by atoms with E-state index in [0.29, 0.717) is 30.2 Å². The van der Waals surface area contributed by atoms with E-state index in [-0.39, 0.29) is 42.4 Å². The molecule has 1 rings (SSSR count). The fraction of sp³-hybridized carbons (Fsp3) is 0.516. The molecule has 1 aromatic carbocycles. The Kier molecular flexibility index (Phi) is 18.0. The van der Waals surface area contributed by atoms with Crippen molar-refractivity contribution in [1.82, 2.24) is 20.9 Å². The van der Waals surface area contributed by atoms with E-state index in [4.69, 9.17) is 15.6 Å². The fourth-order valence-corrected chi connectivity index (χ4v) is 4.43. The van der Waals surface area contributed by atoms with Crippen LogP contribution in [-0.2, 0) is 34.9 Å². The Balaban J connectivity index is 2.91. The molecule has 0 aliphatic carbocycles. The Hall–Kier alpha value is -4.68. The average Bonchev–Trinajstić information content (AvgIpc) is 3.04. The Morgan fingerprint density at radius 3 is 2.26 bits per heavy atom. The van der Waals surface area contributed by atoms with Gasteiger partial charge in [-0.3, -0.25) is 19.2 Å². The molecule has 6 amide bonds. The lowest BCUT2D eigenvalue weighted by Crippen LogP contribution is -2.47. The normalized spacial score (nSPS) is 12.8. The van der Waals surface area contributed by atoms with E-state index in [0.717, 1.165) is 26.1 Å². The molecule has 0 aliphatic heterocycles. The topological polar surface area (TPSA) is 226 Å². The summed E-state index contributed by atoms with van der Waals surface area (Å²) in [5.41, 5.74) is 2.64. The van der Waals surface area contributed by atoms with Gasteiger partial charge in [0.2, 0.25) is 17.7 Å². The van der Waals surface area contributed by atoms with Crippen LogP contribution >= 0.6 is 15.9 Å². The standard InChI is InChI=1S/C31H42BrF3N6O9/c1-17(15-32)29(48)50-18(2)8-5-6-10-24(42)38-16-25(43)40-23(9-7-13-37-30(36)49)26(44)39-20-11-12-21(22(14-20)31(33,34)35)27(45)41(4)19(3)28(46)47/h11-12,14,18-19,23H,1,5-10,13,15-16H2,2-4H3,(H,38,42)(H,39,44)(H,40,43)(H,46,47)(H3,36,37,49)/t18?,19-,23?/m0/s1. The number of primary amides is 1. The number of unbranched alkanes of at least 4 members (excludes halogenated alkanes) is 1. The molecular formula is C31H42BrF3N6O9. The predicted octanol–water partition coefficient (Wildman–Crippen LogP) is 2.68. The van der Waals surface area contributed by atoms with Gasteiger partial charge in [-0.2, -0.15) is 13.2 Å². The zero-order valence-electron chi connectivity index (χ0n) is 27.8. The SMILES string of the molecule is C=C(CBr)C(=O)OC(C)CCCCC(=O)NCC(=O)NC(CCCNC(N)=O)C(=O)Nc1ccc(C(=O)N(C)[C@@H](C)C(=O)O)c(C(F)(F)F)c1. The van der Waals surface area contributed by atoms with Crippen LogP contribution in [0.3, 0.4) is 0 Å². The minimum Gasteiger partial charge on any atom is -0.480 e. The number of halogens is 4. The maximum absolute atomic E-state index is 14.0. The van der Waals surface area contributed by atoms with Crippen molar-refractivity contribution in [2.75, 3.05) is 30.8 Å². The first kappa shape index (κ1) is 43.3. The summed E-state index contributed by atoms with van der Waals surface area (Å²) in [5, 5.41) is 18.8. The van der Waals surface area contributed by atoms with E-state index in [1.54, 1.807) is 6.92 Å². The molecular weight excluding hydrogens is 737 g/mol. The molecule has 0 heterocycles. The molecule has 0 saturated carbocycles. The number of nitrogens with zero attached hydrogens (tertiary/aromatic N) is 1. The number of carboxylic acids is 1. The van der Waals surface area contributed by atoms with Gasteiger partial charge in [-0.15, -0.1) is 0 Å². The van der Waals surface area contributed by atoms with Crippen LogP contribution in [0.2, 0.25) is 0 Å². The van der Waals surface area contributed by atoms with Crippen molar-refractivity contribution in [2.24, 2.45) is 5.73 Å². The van der Waals surface area contributed by atoms with Gasteiger partial charge < -0.3 is 41.7 Å². The van der Waals surface area contributed by atoms with Crippen LogP contribution in [0.25, 0.3) is 0 Å². The van der Waals surface area contributed by atoms with Crippen LogP contribution in [-0.4, -0.2) is 95.3 Å². The third kappa shape index (κ3) is 15.3. The lowest BCUT2D eigenvalue weighted by Gasteiger charge is -2.24. The molecule has 278 valence electrons. The number of urea groups is 1. The second-order valence-corrected chi connectivity index (χ2v) is 11.8. The quantitative estimate of drug-likeness (QED) is 0.0495. The van der Waals surface area contributed by atoms with Crippen molar-refractivity contribution in [3.05, 3.63) is 41.5 Å². The summed E-state index contributed by atoms with van der Waals surface area (Å²) < 4.78 is 47.1. The summed E-state index contributed by atoms with van der Waals surface area (Å²) in [6.45, 7) is 5.88. The molecule has 7 N–H and O–H groups in total. The number of carbonyl (C=O) groups is 7. The van der Waals surface area contributed by atoms with E-state index >= 15 is 0 Å². The maximum Gasteiger partial charge on any atom is 0.417 e. The van der Waals surface area contributed by atoms with Gasteiger partial charge in [0.05, 0.1) is 23.8 Å². The number of nitrogens with two attached hydrogens (primary N) is 1. The molecule has 2 unspecified atom stereocenters. The molecule has 0 radical (unpaired) electrons. The first-order chi connectivity index (χ1) is 23.3. The Morgan fingerprint density at radius 1 is 1.02 bits per heavy atom. The highest BCUT2D eigenvalue weighted by molar-refractivity contribution is 9.09. The van der Waals surface area contributed by atoms with Gasteiger partial charge in [0.25, 0.3) is 5.91 Å². The number of alkyl halides is 4. The Morgan fingerprint density at radius 2 is 1.68 bits per heavy atom. The summed E-state index contributed by atoms with van der Waals surface area (Å²) in [7, 11) is 1.03. The Labute approximate surface area is 295 Å². The molecule has 3 atom stereocenters. The third-order valence-corrected chi connectivity index (χ3v) is 7.85. The number of hydrogen-bond donors (Lipinski definition) is 6. The first-order valence-electron chi connectivity index (χ1n) is 15.3. The maximum atomic E-state index is 14.0. The minimum atomic E-state index is -5.07. The molecule has 0 saturated heterocycles. The highest BCUT2D eigenvalue weighted by Gasteiger charge is 2.37. The van der Waals surface area contributed by atoms with Crippen molar-refractivity contribution in [3.63, 3.8) is 0 Å². The summed E-state index contributed by atoms with van der Waals surface area (Å²) in [5.74, 6) is -5.38.